The molecule has 0 fully saturated rings. The molecule has 0 amide bonds. The van der Waals surface area contributed by atoms with Gasteiger partial charge in [-0.3, -0.25) is 0 Å². The van der Waals surface area contributed by atoms with Crippen LogP contribution in [0.1, 0.15) is 0 Å². The predicted molar refractivity (Wildman–Crippen MR) is 26.1 cm³/mol. The fraction of sp³-hybridized carbons (Fsp3) is 0.250. The molecule has 0 rings (SSSR count). The zero-order valence-electron chi connectivity index (χ0n) is 4.09. The van der Waals surface area contributed by atoms with E-state index in [4.69, 9.17) is 0 Å². The molecule has 0 spiro atoms. The van der Waals surface area contributed by atoms with Gasteiger partial charge in [-0.25, -0.2) is 0 Å². The van der Waals surface area contributed by atoms with E-state index in [0.29, 0.717) is 0 Å². The van der Waals surface area contributed by atoms with Crippen molar-refractivity contribution in [2.45, 2.75) is 0 Å². The van der Waals surface area contributed by atoms with Crippen molar-refractivity contribution in [2.24, 2.45) is 0 Å². The lowest BCUT2D eigenvalue weighted by atomic mass is 10.6. The summed E-state index contributed by atoms with van der Waals surface area (Å²) >= 11 is 0. The Bertz CT molecular complexity index is 132. The molecule has 0 aromatic rings. The maximum absolute atomic E-state index is 9.37. The van der Waals surface area contributed by atoms with Crippen LogP contribution in [0.3, 0.4) is 0 Å². The van der Waals surface area contributed by atoms with Crippen LogP contribution in [-0.2, 0) is 4.84 Å². The Kier molecular flexibility index (Phi) is 3.32. The fourth-order valence-electron chi connectivity index (χ4n) is 0.136. The first-order valence-corrected chi connectivity index (χ1v) is 1.79. The minimum atomic E-state index is -0.898. The van der Waals surface area contributed by atoms with E-state index in [1.807, 2.05) is 0 Å². The summed E-state index contributed by atoms with van der Waals surface area (Å²) in [5, 5.41) is 8.47. The van der Waals surface area contributed by atoms with Gasteiger partial charge in [0.05, 0.1) is 0 Å². The predicted octanol–water partition coefficient (Wildman–Crippen LogP) is 0.0322. The quantitative estimate of drug-likeness (QED) is 0.289. The van der Waals surface area contributed by atoms with Gasteiger partial charge < -0.3 is 4.84 Å². The van der Waals surface area contributed by atoms with E-state index in [2.05, 4.69) is 23.6 Å². The van der Waals surface area contributed by atoms with Gasteiger partial charge in [0.25, 0.3) is 5.09 Å². The van der Waals surface area contributed by atoms with Crippen molar-refractivity contribution >= 4 is 0 Å². The Morgan fingerprint density at radius 3 is 2.88 bits per heavy atom. The molecule has 0 aliphatic rings. The largest absolute Gasteiger partial charge is 0.301 e. The molecular weight excluding hydrogens is 110 g/mol. The van der Waals surface area contributed by atoms with Gasteiger partial charge in [0.15, 0.2) is 6.61 Å². The van der Waals surface area contributed by atoms with Crippen LogP contribution in [0.15, 0.2) is 0 Å². The maximum Gasteiger partial charge on any atom is 0.295 e. The molecule has 4 nitrogen and oxygen atoms in total. The van der Waals surface area contributed by atoms with E-state index >= 15 is 0 Å². The lowest BCUT2D eigenvalue weighted by Crippen LogP contribution is -1.99. The second-order valence-corrected chi connectivity index (χ2v) is 0.851. The van der Waals surface area contributed by atoms with Crippen molar-refractivity contribution in [3.8, 4) is 11.8 Å². The van der Waals surface area contributed by atoms with E-state index in [0.717, 1.165) is 0 Å². The van der Waals surface area contributed by atoms with Gasteiger partial charge in [-0.1, -0.05) is 5.92 Å². The van der Waals surface area contributed by atoms with Crippen LogP contribution in [0, 0.1) is 28.9 Å². The molecule has 0 heterocycles. The molecule has 43 valence electrons. The number of hydrogen-bond acceptors (Lipinski definition) is 3. The summed E-state index contributed by atoms with van der Waals surface area (Å²) in [7, 11) is 0. The topological polar surface area (TPSA) is 52.4 Å². The van der Waals surface area contributed by atoms with Crippen LogP contribution in [0.5, 0.6) is 0 Å². The molecule has 0 aromatic heterocycles. The molecule has 4 heteroatoms. The van der Waals surface area contributed by atoms with Gasteiger partial charge in [-0.15, -0.1) is 16.0 Å². The summed E-state index contributed by atoms with van der Waals surface area (Å²) < 4.78 is 0. The second-order valence-electron chi connectivity index (χ2n) is 0.851. The van der Waals surface area contributed by atoms with Gasteiger partial charge in [-0.05, 0) is 0 Å². The van der Waals surface area contributed by atoms with Crippen LogP contribution in [0.25, 0.3) is 0 Å². The highest BCUT2D eigenvalue weighted by molar-refractivity contribution is 5.00. The summed E-state index contributed by atoms with van der Waals surface area (Å²) in [6, 6.07) is 0. The molecule has 0 aliphatic heterocycles. The maximum atomic E-state index is 9.37. The van der Waals surface area contributed by atoms with Crippen LogP contribution in [0.2, 0.25) is 0 Å². The van der Waals surface area contributed by atoms with Crippen LogP contribution in [-0.4, -0.2) is 11.7 Å². The lowest BCUT2D eigenvalue weighted by molar-refractivity contribution is -0.754. The molecule has 1 radical (unpaired) electrons. The summed E-state index contributed by atoms with van der Waals surface area (Å²) in [6.07, 6.45) is 0. The molecule has 0 unspecified atom stereocenters. The van der Waals surface area contributed by atoms with E-state index in [1.54, 1.807) is 0 Å². The molecule has 0 aromatic carbocycles. The summed E-state index contributed by atoms with van der Waals surface area (Å²) in [5.74, 6) is 4.45. The molecule has 0 saturated carbocycles. The van der Waals surface area contributed by atoms with Crippen molar-refractivity contribution in [1.82, 2.24) is 0 Å². The number of rotatable bonds is 2. The Labute approximate surface area is 46.6 Å². The summed E-state index contributed by atoms with van der Waals surface area (Å²) in [4.78, 5) is 13.2. The van der Waals surface area contributed by atoms with Gasteiger partial charge in [0.1, 0.15) is 0 Å². The first kappa shape index (κ1) is 6.76. The second kappa shape index (κ2) is 3.93. The van der Waals surface area contributed by atoms with Crippen molar-refractivity contribution < 1.29 is 9.92 Å². The molecule has 0 N–H and O–H groups in total. The monoisotopic (exact) mass is 114 g/mol. The molecular formula is C4H4NO3. The van der Waals surface area contributed by atoms with Crippen molar-refractivity contribution in [1.29, 1.82) is 0 Å². The van der Waals surface area contributed by atoms with E-state index in [-0.39, 0.29) is 6.61 Å². The average molecular weight is 114 g/mol. The highest BCUT2D eigenvalue weighted by Crippen LogP contribution is 1.69. The molecule has 0 atom stereocenters. The minimum absolute atomic E-state index is 0.198. The SMILES string of the molecule is [CH2]C#CCO[N+](=O)[O-]. The summed E-state index contributed by atoms with van der Waals surface area (Å²) in [6.45, 7) is 2.92. The minimum Gasteiger partial charge on any atom is -0.301 e. The fourth-order valence-corrected chi connectivity index (χ4v) is 0.136. The molecule has 0 saturated heterocycles. The van der Waals surface area contributed by atoms with Crippen molar-refractivity contribution in [3.63, 3.8) is 0 Å². The van der Waals surface area contributed by atoms with Gasteiger partial charge in [0, 0.05) is 6.92 Å². The highest BCUT2D eigenvalue weighted by atomic mass is 16.9. The normalized spacial score (nSPS) is 6.62. The average Bonchev–Trinajstić information content (AvgIpc) is 1.66. The van der Waals surface area contributed by atoms with E-state index in [1.165, 1.54) is 0 Å². The van der Waals surface area contributed by atoms with Crippen LogP contribution < -0.4 is 0 Å². The van der Waals surface area contributed by atoms with Gasteiger partial charge in [-0.2, -0.15) is 0 Å². The third-order valence-electron chi connectivity index (χ3n) is 0.367. The van der Waals surface area contributed by atoms with Crippen molar-refractivity contribution in [2.75, 3.05) is 6.61 Å². The first-order valence-electron chi connectivity index (χ1n) is 1.79. The van der Waals surface area contributed by atoms with Crippen LogP contribution >= 0.6 is 0 Å². The zero-order chi connectivity index (χ0) is 6.41. The third-order valence-corrected chi connectivity index (χ3v) is 0.367. The van der Waals surface area contributed by atoms with Gasteiger partial charge in [0.2, 0.25) is 0 Å². The molecule has 8 heavy (non-hydrogen) atoms. The Hall–Kier alpha value is -1.24. The standard InChI is InChI=1S/C4H4NO3/c1-2-3-4-8-5(6)7/h1,4H2. The number of nitrogens with zero attached hydrogens (tertiary/aromatic N) is 1. The molecule has 0 aliphatic carbocycles. The Morgan fingerprint density at radius 2 is 2.50 bits per heavy atom. The lowest BCUT2D eigenvalue weighted by Gasteiger charge is -1.84. The van der Waals surface area contributed by atoms with Crippen LogP contribution in [0.4, 0.5) is 0 Å². The molecule has 0 bridgehead atoms. The highest BCUT2D eigenvalue weighted by Gasteiger charge is 1.86. The third kappa shape index (κ3) is 4.76. The van der Waals surface area contributed by atoms with Gasteiger partial charge >= 0.3 is 0 Å². The first-order chi connectivity index (χ1) is 3.77. The summed E-state index contributed by atoms with van der Waals surface area (Å²) in [5.41, 5.74) is 0. The smallest absolute Gasteiger partial charge is 0.295 e. The Morgan fingerprint density at radius 1 is 1.88 bits per heavy atom. The van der Waals surface area contributed by atoms with E-state index < -0.39 is 5.09 Å². The zero-order valence-corrected chi connectivity index (χ0v) is 4.09. The van der Waals surface area contributed by atoms with E-state index in [9.17, 15) is 10.1 Å². The Balaban J connectivity index is 3.14. The van der Waals surface area contributed by atoms with Crippen molar-refractivity contribution in [3.05, 3.63) is 17.0 Å². The number of hydrogen-bond donors (Lipinski definition) is 0.